The van der Waals surface area contributed by atoms with Crippen molar-refractivity contribution in [1.82, 2.24) is 0 Å². The van der Waals surface area contributed by atoms with Gasteiger partial charge in [0.1, 0.15) is 0 Å². The molecule has 0 aliphatic rings. The monoisotopic (exact) mass is 152 g/mol. The molecule has 0 heterocycles. The average molecular weight is 152 g/mol. The Morgan fingerprint density at radius 2 is 1.82 bits per heavy atom. The van der Waals surface area contributed by atoms with Gasteiger partial charge in [-0.3, -0.25) is 0 Å². The van der Waals surface area contributed by atoms with Gasteiger partial charge in [-0.05, 0) is 18.9 Å². The van der Waals surface area contributed by atoms with Crippen molar-refractivity contribution >= 4 is 0 Å². The highest BCUT2D eigenvalue weighted by Crippen LogP contribution is 2.03. The van der Waals surface area contributed by atoms with Crippen LogP contribution in [0.5, 0.6) is 0 Å². The molecule has 0 amide bonds. The number of hydrogen-bond acceptors (Lipinski definition) is 0. The lowest BCUT2D eigenvalue weighted by Crippen LogP contribution is -1.78. The summed E-state index contributed by atoms with van der Waals surface area (Å²) in [6, 6.07) is 8.61. The molecule has 0 bridgehead atoms. The molecule has 0 spiro atoms. The first kappa shape index (κ1) is 12.9. The molecule has 0 N–H and O–H groups in total. The van der Waals surface area contributed by atoms with Crippen molar-refractivity contribution in [1.29, 1.82) is 0 Å². The van der Waals surface area contributed by atoms with E-state index in [9.17, 15) is 0 Å². The molecule has 1 aromatic rings. The zero-order chi connectivity index (χ0) is 6.69. The second kappa shape index (κ2) is 5.96. The Hall–Kier alpha value is -0.780. The van der Waals surface area contributed by atoms with E-state index in [0.717, 1.165) is 6.42 Å². The Morgan fingerprint density at radius 3 is 2.18 bits per heavy atom. The van der Waals surface area contributed by atoms with Crippen LogP contribution in [0, 0.1) is 6.92 Å². The number of aryl methyl sites for hydroxylation is 2. The van der Waals surface area contributed by atoms with Gasteiger partial charge in [0.05, 0.1) is 0 Å². The van der Waals surface area contributed by atoms with E-state index in [-0.39, 0.29) is 14.9 Å². The fourth-order valence-corrected chi connectivity index (χ4v) is 0.932. The lowest BCUT2D eigenvalue weighted by atomic mass is 10.1. The van der Waals surface area contributed by atoms with Crippen LogP contribution in [0.1, 0.15) is 32.9 Å². The largest absolute Gasteiger partial charge is 0.0776 e. The van der Waals surface area contributed by atoms with Crippen LogP contribution in [0.2, 0.25) is 0 Å². The maximum atomic E-state index is 2.22. The maximum absolute atomic E-state index is 2.22. The molecule has 0 nitrogen and oxygen atoms in total. The number of benzene rings is 1. The molecule has 64 valence electrons. The molecule has 1 rings (SSSR count). The van der Waals surface area contributed by atoms with E-state index in [2.05, 4.69) is 38.1 Å². The third kappa shape index (κ3) is 3.82. The first-order valence-corrected chi connectivity index (χ1v) is 3.38. The molecular formula is C11H20. The minimum atomic E-state index is 0. The van der Waals surface area contributed by atoms with Crippen LogP contribution in [-0.2, 0) is 6.42 Å². The molecule has 0 saturated heterocycles. The minimum Gasteiger partial charge on any atom is -0.0776 e. The fourth-order valence-electron chi connectivity index (χ4n) is 0.932. The van der Waals surface area contributed by atoms with E-state index in [1.54, 1.807) is 0 Å². The summed E-state index contributed by atoms with van der Waals surface area (Å²) in [7, 11) is 0. The fraction of sp³-hybridized carbons (Fsp3) is 0.455. The topological polar surface area (TPSA) is 0 Å². The summed E-state index contributed by atoms with van der Waals surface area (Å²) >= 11 is 0. The summed E-state index contributed by atoms with van der Waals surface area (Å²) in [4.78, 5) is 0. The minimum absolute atomic E-state index is 0. The second-order valence-electron chi connectivity index (χ2n) is 2.34. The van der Waals surface area contributed by atoms with Crippen molar-refractivity contribution in [3.63, 3.8) is 0 Å². The molecule has 0 heteroatoms. The highest BCUT2D eigenvalue weighted by atomic mass is 13.9. The van der Waals surface area contributed by atoms with E-state index in [1.165, 1.54) is 11.1 Å². The molecule has 1 aromatic carbocycles. The summed E-state index contributed by atoms with van der Waals surface area (Å²) < 4.78 is 0. The van der Waals surface area contributed by atoms with Gasteiger partial charge in [-0.15, -0.1) is 0 Å². The van der Waals surface area contributed by atoms with Gasteiger partial charge >= 0.3 is 0 Å². The van der Waals surface area contributed by atoms with Crippen LogP contribution in [0.15, 0.2) is 24.3 Å². The van der Waals surface area contributed by atoms with Crippen LogP contribution in [0.25, 0.3) is 0 Å². The maximum Gasteiger partial charge on any atom is -0.0307 e. The highest BCUT2D eigenvalue weighted by molar-refractivity contribution is 5.21. The first-order valence-electron chi connectivity index (χ1n) is 3.38. The summed E-state index contributed by atoms with van der Waals surface area (Å²) in [5, 5.41) is 0. The van der Waals surface area contributed by atoms with Gasteiger partial charge in [-0.1, -0.05) is 51.6 Å². The third-order valence-electron chi connectivity index (χ3n) is 1.49. The van der Waals surface area contributed by atoms with Crippen LogP contribution >= 0.6 is 0 Å². The van der Waals surface area contributed by atoms with Crippen LogP contribution in [-0.4, -0.2) is 0 Å². The van der Waals surface area contributed by atoms with Crippen LogP contribution in [0.4, 0.5) is 0 Å². The van der Waals surface area contributed by atoms with Crippen LogP contribution in [0.3, 0.4) is 0 Å². The standard InChI is InChI=1S/C9H12.2CH4/c1-3-9-6-4-5-8(2)7-9;;/h4-7H,3H2,1-2H3;2*1H4. The zero-order valence-electron chi connectivity index (χ0n) is 6.02. The highest BCUT2D eigenvalue weighted by Gasteiger charge is 1.85. The molecule has 0 fully saturated rings. The lowest BCUT2D eigenvalue weighted by Gasteiger charge is -1.95. The van der Waals surface area contributed by atoms with Gasteiger partial charge in [-0.25, -0.2) is 0 Å². The molecule has 0 radical (unpaired) electrons. The van der Waals surface area contributed by atoms with Gasteiger partial charge in [0, 0.05) is 0 Å². The van der Waals surface area contributed by atoms with Crippen molar-refractivity contribution in [2.45, 2.75) is 35.1 Å². The van der Waals surface area contributed by atoms with E-state index in [1.807, 2.05) is 0 Å². The average Bonchev–Trinajstić information content (AvgIpc) is 1.88. The molecule has 11 heavy (non-hydrogen) atoms. The van der Waals surface area contributed by atoms with Gasteiger partial charge in [0.15, 0.2) is 0 Å². The van der Waals surface area contributed by atoms with Crippen LogP contribution < -0.4 is 0 Å². The van der Waals surface area contributed by atoms with E-state index in [4.69, 9.17) is 0 Å². The van der Waals surface area contributed by atoms with Gasteiger partial charge in [0.2, 0.25) is 0 Å². The van der Waals surface area contributed by atoms with Crippen molar-refractivity contribution in [3.8, 4) is 0 Å². The van der Waals surface area contributed by atoms with Gasteiger partial charge < -0.3 is 0 Å². The van der Waals surface area contributed by atoms with E-state index < -0.39 is 0 Å². The van der Waals surface area contributed by atoms with Gasteiger partial charge in [-0.2, -0.15) is 0 Å². The molecule has 0 aromatic heterocycles. The summed E-state index contributed by atoms with van der Waals surface area (Å²) in [5.74, 6) is 0. The molecule has 0 saturated carbocycles. The van der Waals surface area contributed by atoms with E-state index in [0.29, 0.717) is 0 Å². The summed E-state index contributed by atoms with van der Waals surface area (Å²) in [5.41, 5.74) is 2.78. The number of hydrogen-bond donors (Lipinski definition) is 0. The predicted octanol–water partition coefficient (Wildman–Crippen LogP) is 3.83. The first-order chi connectivity index (χ1) is 4.33. The molecule has 0 aliphatic heterocycles. The van der Waals surface area contributed by atoms with Crippen molar-refractivity contribution in [3.05, 3.63) is 35.4 Å². The lowest BCUT2D eigenvalue weighted by molar-refractivity contribution is 1.13. The number of rotatable bonds is 1. The molecule has 0 unspecified atom stereocenters. The summed E-state index contributed by atoms with van der Waals surface area (Å²) in [6.45, 7) is 4.30. The normalized spacial score (nSPS) is 7.82. The third-order valence-corrected chi connectivity index (χ3v) is 1.49. The van der Waals surface area contributed by atoms with Gasteiger partial charge in [0.25, 0.3) is 0 Å². The quantitative estimate of drug-likeness (QED) is 0.573. The summed E-state index contributed by atoms with van der Waals surface area (Å²) in [6.07, 6.45) is 1.14. The Labute approximate surface area is 71.3 Å². The molecular weight excluding hydrogens is 132 g/mol. The van der Waals surface area contributed by atoms with Crippen molar-refractivity contribution < 1.29 is 0 Å². The Bertz CT molecular complexity index is 189. The predicted molar refractivity (Wildman–Crippen MR) is 54.0 cm³/mol. The SMILES string of the molecule is C.C.CCc1cccc(C)c1. The van der Waals surface area contributed by atoms with Crippen molar-refractivity contribution in [2.75, 3.05) is 0 Å². The Kier molecular flexibility index (Phi) is 6.97. The second-order valence-corrected chi connectivity index (χ2v) is 2.34. The molecule has 0 atom stereocenters. The smallest absolute Gasteiger partial charge is 0.0307 e. The Balaban J connectivity index is 0. The van der Waals surface area contributed by atoms with E-state index >= 15 is 0 Å². The molecule has 0 aliphatic carbocycles. The van der Waals surface area contributed by atoms with Crippen molar-refractivity contribution in [2.24, 2.45) is 0 Å². The Morgan fingerprint density at radius 1 is 1.18 bits per heavy atom. The zero-order valence-corrected chi connectivity index (χ0v) is 6.02.